The lowest BCUT2D eigenvalue weighted by Gasteiger charge is -2.16. The predicted octanol–water partition coefficient (Wildman–Crippen LogP) is 4.74. The predicted molar refractivity (Wildman–Crippen MR) is 81.1 cm³/mol. The second-order valence-corrected chi connectivity index (χ2v) is 4.66. The van der Waals surface area contributed by atoms with Crippen LogP contribution in [0.2, 0.25) is 0 Å². The van der Waals surface area contributed by atoms with Crippen LogP contribution in [0, 0.1) is 13.8 Å². The van der Waals surface area contributed by atoms with Gasteiger partial charge in [0.1, 0.15) is 5.67 Å². The van der Waals surface area contributed by atoms with Gasteiger partial charge in [-0.05, 0) is 55.0 Å². The van der Waals surface area contributed by atoms with E-state index in [0.717, 1.165) is 28.9 Å². The van der Waals surface area contributed by atoms with Crippen LogP contribution in [-0.4, -0.2) is 0 Å². The number of rotatable bonds is 1. The first-order chi connectivity index (χ1) is 9.12. The van der Waals surface area contributed by atoms with Crippen LogP contribution in [0.5, 0.6) is 0 Å². The Morgan fingerprint density at radius 1 is 1.11 bits per heavy atom. The van der Waals surface area contributed by atoms with Crippen molar-refractivity contribution in [1.82, 2.24) is 5.43 Å². The van der Waals surface area contributed by atoms with E-state index < -0.39 is 5.67 Å². The number of nitrogens with one attached hydrogen (secondary N) is 2. The average Bonchev–Trinajstić information content (AvgIpc) is 2.98. The van der Waals surface area contributed by atoms with Gasteiger partial charge in [0.15, 0.2) is 0 Å². The third-order valence-corrected chi connectivity index (χ3v) is 3.53. The highest BCUT2D eigenvalue weighted by Crippen LogP contribution is 2.53. The molecule has 1 saturated carbocycles. The Kier molecular flexibility index (Phi) is 5.36. The second-order valence-electron chi connectivity index (χ2n) is 4.66. The molecule has 108 valence electrons. The van der Waals surface area contributed by atoms with Crippen molar-refractivity contribution in [2.45, 2.75) is 66.6 Å². The van der Waals surface area contributed by atoms with Gasteiger partial charge >= 0.3 is 0 Å². The third kappa shape index (κ3) is 2.92. The van der Waals surface area contributed by atoms with E-state index in [1.54, 1.807) is 0 Å². The van der Waals surface area contributed by atoms with Crippen LogP contribution in [0.15, 0.2) is 6.07 Å². The number of halogens is 1. The molecule has 0 atom stereocenters. The van der Waals surface area contributed by atoms with E-state index in [2.05, 4.69) is 16.9 Å². The van der Waals surface area contributed by atoms with E-state index in [9.17, 15) is 4.39 Å². The van der Waals surface area contributed by atoms with Crippen LogP contribution in [0.3, 0.4) is 0 Å². The summed E-state index contributed by atoms with van der Waals surface area (Å²) in [5, 5.41) is 0. The Labute approximate surface area is 116 Å². The van der Waals surface area contributed by atoms with Crippen LogP contribution in [0.1, 0.15) is 62.8 Å². The molecular weight excluding hydrogens is 239 g/mol. The highest BCUT2D eigenvalue weighted by atomic mass is 19.1. The maximum absolute atomic E-state index is 14.2. The van der Waals surface area contributed by atoms with Crippen molar-refractivity contribution in [2.24, 2.45) is 0 Å². The minimum atomic E-state index is -1.02. The van der Waals surface area contributed by atoms with E-state index in [4.69, 9.17) is 0 Å². The first-order valence-corrected chi connectivity index (χ1v) is 7.43. The first-order valence-electron chi connectivity index (χ1n) is 7.43. The van der Waals surface area contributed by atoms with Crippen LogP contribution in [-0.2, 0) is 12.2 Å². The zero-order valence-electron chi connectivity index (χ0n) is 13.1. The van der Waals surface area contributed by atoms with Gasteiger partial charge < -0.3 is 5.43 Å². The zero-order chi connectivity index (χ0) is 14.6. The van der Waals surface area contributed by atoms with Crippen molar-refractivity contribution in [1.29, 1.82) is 0 Å². The maximum atomic E-state index is 14.2. The molecular formula is C16H27FN2. The van der Waals surface area contributed by atoms with Gasteiger partial charge in [-0.25, -0.2) is 9.82 Å². The molecule has 19 heavy (non-hydrogen) atoms. The van der Waals surface area contributed by atoms with E-state index in [1.807, 2.05) is 41.5 Å². The summed E-state index contributed by atoms with van der Waals surface area (Å²) in [6, 6.07) is 2.05. The van der Waals surface area contributed by atoms with Gasteiger partial charge in [-0.15, -0.1) is 0 Å². The molecule has 3 heteroatoms. The minimum absolute atomic E-state index is 0.689. The molecule has 1 aliphatic heterocycles. The van der Waals surface area contributed by atoms with Gasteiger partial charge in [0, 0.05) is 6.54 Å². The highest BCUT2D eigenvalue weighted by molar-refractivity contribution is 5.63. The number of alkyl halides is 1. The Morgan fingerprint density at radius 3 is 2.21 bits per heavy atom. The smallest absolute Gasteiger partial charge is 0.136 e. The molecule has 1 heterocycles. The van der Waals surface area contributed by atoms with Crippen LogP contribution in [0.25, 0.3) is 0 Å². The number of aryl methyl sites for hydroxylation is 1. The molecule has 1 fully saturated rings. The Bertz CT molecular complexity index is 437. The summed E-state index contributed by atoms with van der Waals surface area (Å²) < 4.78 is 14.2. The summed E-state index contributed by atoms with van der Waals surface area (Å²) in [5.74, 6) is 0. The molecule has 2 nitrogen and oxygen atoms in total. The van der Waals surface area contributed by atoms with Crippen LogP contribution in [0.4, 0.5) is 10.1 Å². The van der Waals surface area contributed by atoms with Gasteiger partial charge in [-0.1, -0.05) is 27.7 Å². The molecule has 2 aliphatic rings. The number of hydrogen-bond donors (Lipinski definition) is 2. The van der Waals surface area contributed by atoms with Gasteiger partial charge in [-0.2, -0.15) is 0 Å². The SMILES string of the molecule is CC.CC.Cc1cc2c(c(C)c1C1(F)CC1)CNN2. The number of fused-ring (bicyclic) bond motifs is 1. The molecule has 1 aromatic rings. The standard InChI is InChI=1S/C12H15FN2.2C2H6/c1-7-5-10-9(6-14-15-10)8(2)11(7)12(13)3-4-12;2*1-2/h5,14-15H,3-4,6H2,1-2H3;2*1-2H3. The van der Waals surface area contributed by atoms with Crippen LogP contribution < -0.4 is 10.9 Å². The lowest BCUT2D eigenvalue weighted by molar-refractivity contribution is 0.314. The van der Waals surface area contributed by atoms with Crippen molar-refractivity contribution >= 4 is 5.69 Å². The number of hydrogen-bond acceptors (Lipinski definition) is 2. The molecule has 0 amide bonds. The molecule has 3 rings (SSSR count). The van der Waals surface area contributed by atoms with Gasteiger partial charge in [0.2, 0.25) is 0 Å². The van der Waals surface area contributed by atoms with Crippen molar-refractivity contribution in [2.75, 3.05) is 5.43 Å². The fraction of sp³-hybridized carbons (Fsp3) is 0.625. The number of hydrazine groups is 1. The van der Waals surface area contributed by atoms with Gasteiger partial charge in [0.25, 0.3) is 0 Å². The largest absolute Gasteiger partial charge is 0.321 e. The fourth-order valence-electron chi connectivity index (χ4n) is 2.64. The first kappa shape index (κ1) is 16.0. The van der Waals surface area contributed by atoms with E-state index >= 15 is 0 Å². The lowest BCUT2D eigenvalue weighted by atomic mass is 9.92. The normalized spacial score (nSPS) is 17.2. The fourth-order valence-corrected chi connectivity index (χ4v) is 2.64. The summed E-state index contributed by atoms with van der Waals surface area (Å²) in [7, 11) is 0. The number of anilines is 1. The molecule has 0 bridgehead atoms. The Hall–Kier alpha value is -1.09. The summed E-state index contributed by atoms with van der Waals surface area (Å²) in [5.41, 5.74) is 10.6. The Balaban J connectivity index is 0.000000415. The van der Waals surface area contributed by atoms with E-state index in [1.165, 1.54) is 5.56 Å². The van der Waals surface area contributed by atoms with Crippen LogP contribution >= 0.6 is 0 Å². The summed E-state index contributed by atoms with van der Waals surface area (Å²) in [6.07, 6.45) is 1.38. The van der Waals surface area contributed by atoms with Crippen molar-refractivity contribution < 1.29 is 4.39 Å². The second kappa shape index (κ2) is 6.38. The third-order valence-electron chi connectivity index (χ3n) is 3.53. The molecule has 0 radical (unpaired) electrons. The van der Waals surface area contributed by atoms with Gasteiger partial charge in [0.05, 0.1) is 5.69 Å². The molecule has 0 aromatic heterocycles. The monoisotopic (exact) mass is 266 g/mol. The van der Waals surface area contributed by atoms with Crippen molar-refractivity contribution in [3.8, 4) is 0 Å². The van der Waals surface area contributed by atoms with E-state index in [0.29, 0.717) is 12.8 Å². The topological polar surface area (TPSA) is 24.1 Å². The number of benzene rings is 1. The molecule has 1 aromatic carbocycles. The quantitative estimate of drug-likeness (QED) is 0.767. The van der Waals surface area contributed by atoms with E-state index in [-0.39, 0.29) is 0 Å². The minimum Gasteiger partial charge on any atom is -0.321 e. The molecule has 0 spiro atoms. The molecule has 1 aliphatic carbocycles. The van der Waals surface area contributed by atoms with Crippen molar-refractivity contribution in [3.05, 3.63) is 28.3 Å². The average molecular weight is 266 g/mol. The zero-order valence-corrected chi connectivity index (χ0v) is 13.1. The van der Waals surface area contributed by atoms with Crippen molar-refractivity contribution in [3.63, 3.8) is 0 Å². The highest BCUT2D eigenvalue weighted by Gasteiger charge is 2.47. The van der Waals surface area contributed by atoms with Gasteiger partial charge in [-0.3, -0.25) is 0 Å². The summed E-state index contributed by atoms with van der Waals surface area (Å²) >= 11 is 0. The molecule has 0 unspecified atom stereocenters. The maximum Gasteiger partial charge on any atom is 0.136 e. The molecule has 2 N–H and O–H groups in total. The lowest BCUT2D eigenvalue weighted by Crippen LogP contribution is -2.10. The summed E-state index contributed by atoms with van der Waals surface area (Å²) in [4.78, 5) is 0. The summed E-state index contributed by atoms with van der Waals surface area (Å²) in [6.45, 7) is 12.8. The Morgan fingerprint density at radius 2 is 1.68 bits per heavy atom. The molecule has 0 saturated heterocycles.